The molecule has 0 amide bonds. The van der Waals surface area contributed by atoms with Crippen LogP contribution < -0.4 is 10.5 Å². The Labute approximate surface area is 120 Å². The topological polar surface area (TPSA) is 74.4 Å². The van der Waals surface area contributed by atoms with E-state index >= 15 is 0 Å². The quantitative estimate of drug-likeness (QED) is 0.676. The van der Waals surface area contributed by atoms with Gasteiger partial charge in [0.15, 0.2) is 5.69 Å². The number of nitrogens with two attached hydrogens (primary N) is 1. The number of nitrogens with zero attached hydrogens (tertiary/aromatic N) is 1. The normalized spacial score (nSPS) is 12.2. The van der Waals surface area contributed by atoms with Gasteiger partial charge < -0.3 is 15.2 Å². The zero-order valence-corrected chi connectivity index (χ0v) is 11.0. The van der Waals surface area contributed by atoms with Gasteiger partial charge in [-0.05, 0) is 0 Å². The molecule has 22 heavy (non-hydrogen) atoms. The predicted molar refractivity (Wildman–Crippen MR) is 59.5 cm³/mol. The predicted octanol–water partition coefficient (Wildman–Crippen LogP) is 2.17. The van der Waals surface area contributed by atoms with Gasteiger partial charge in [-0.3, -0.25) is 9.78 Å². The maximum Gasteiger partial charge on any atom is 0.573 e. The molecule has 2 N–H and O–H groups in total. The molecule has 0 aliphatic carbocycles. The second kappa shape index (κ2) is 6.38. The Morgan fingerprint density at radius 3 is 2.27 bits per heavy atom. The first kappa shape index (κ1) is 18.0. The van der Waals surface area contributed by atoms with Crippen LogP contribution in [0.1, 0.15) is 16.8 Å². The van der Waals surface area contributed by atoms with E-state index < -0.39 is 54.0 Å². The molecule has 0 unspecified atom stereocenters. The largest absolute Gasteiger partial charge is 0.573 e. The molecule has 5 nitrogen and oxygen atoms in total. The monoisotopic (exact) mass is 332 g/mol. The minimum atomic E-state index is -5.26. The van der Waals surface area contributed by atoms with Crippen molar-refractivity contribution in [3.8, 4) is 5.75 Å². The summed E-state index contributed by atoms with van der Waals surface area (Å²) in [6, 6.07) is 0. The van der Waals surface area contributed by atoms with Crippen LogP contribution >= 0.6 is 0 Å². The van der Waals surface area contributed by atoms with Crippen LogP contribution in [0.3, 0.4) is 0 Å². The molecule has 0 saturated carbocycles. The molecular formula is C11H10F6N2O3. The van der Waals surface area contributed by atoms with Gasteiger partial charge in [0, 0.05) is 23.9 Å². The van der Waals surface area contributed by atoms with Crippen LogP contribution in [0.4, 0.5) is 26.3 Å². The first-order chi connectivity index (χ1) is 9.99. The number of pyridine rings is 1. The number of halogens is 6. The lowest BCUT2D eigenvalue weighted by Crippen LogP contribution is -2.24. The zero-order valence-electron chi connectivity index (χ0n) is 11.0. The van der Waals surface area contributed by atoms with Crippen molar-refractivity contribution in [2.45, 2.75) is 25.5 Å². The molecule has 0 aliphatic rings. The van der Waals surface area contributed by atoms with Gasteiger partial charge in [0.25, 0.3) is 0 Å². The molecule has 0 fully saturated rings. The number of alkyl halides is 6. The van der Waals surface area contributed by atoms with Gasteiger partial charge in [-0.25, -0.2) is 0 Å². The second-order valence-electron chi connectivity index (χ2n) is 3.94. The van der Waals surface area contributed by atoms with Gasteiger partial charge in [-0.15, -0.1) is 13.2 Å². The lowest BCUT2D eigenvalue weighted by atomic mass is 10.1. The van der Waals surface area contributed by atoms with Crippen LogP contribution in [0, 0.1) is 0 Å². The third-order valence-corrected chi connectivity index (χ3v) is 2.45. The average molecular weight is 332 g/mol. The fourth-order valence-corrected chi connectivity index (χ4v) is 1.61. The van der Waals surface area contributed by atoms with E-state index in [9.17, 15) is 31.1 Å². The number of ether oxygens (including phenoxy) is 2. The summed E-state index contributed by atoms with van der Waals surface area (Å²) in [6.07, 6.45) is -10.6. The fraction of sp³-hybridized carbons (Fsp3) is 0.455. The van der Waals surface area contributed by atoms with Gasteiger partial charge in [0.05, 0.1) is 13.5 Å². The van der Waals surface area contributed by atoms with Crippen molar-refractivity contribution in [2.24, 2.45) is 5.73 Å². The van der Waals surface area contributed by atoms with Crippen LogP contribution in [0.25, 0.3) is 0 Å². The van der Waals surface area contributed by atoms with Crippen molar-refractivity contribution in [3.05, 3.63) is 23.0 Å². The molecule has 0 atom stereocenters. The van der Waals surface area contributed by atoms with Gasteiger partial charge in [0.1, 0.15) is 5.75 Å². The Morgan fingerprint density at radius 1 is 1.27 bits per heavy atom. The lowest BCUT2D eigenvalue weighted by molar-refractivity contribution is -0.275. The number of methoxy groups -OCH3 is 1. The van der Waals surface area contributed by atoms with E-state index in [2.05, 4.69) is 14.5 Å². The summed E-state index contributed by atoms with van der Waals surface area (Å²) in [7, 11) is 0.966. The molecule has 1 aromatic heterocycles. The van der Waals surface area contributed by atoms with Crippen LogP contribution in [0.15, 0.2) is 6.20 Å². The smallest absolute Gasteiger partial charge is 0.469 e. The molecule has 1 aromatic rings. The number of hydrogen-bond acceptors (Lipinski definition) is 5. The number of rotatable bonds is 4. The molecule has 0 radical (unpaired) electrons. The van der Waals surface area contributed by atoms with Crippen LogP contribution in [0.5, 0.6) is 5.75 Å². The van der Waals surface area contributed by atoms with E-state index in [0.29, 0.717) is 6.20 Å². The lowest BCUT2D eigenvalue weighted by Gasteiger charge is -2.19. The standard InChI is InChI=1S/C11H10F6N2O3/c1-21-7(20)2-5-4-19-9(10(12,13)14)6(3-18)8(5)22-11(15,16)17/h4H,2-3,18H2,1H3. The number of hydrogen-bond donors (Lipinski definition) is 1. The minimum Gasteiger partial charge on any atom is -0.469 e. The Bertz CT molecular complexity index is 556. The van der Waals surface area contributed by atoms with E-state index in [1.807, 2.05) is 0 Å². The third-order valence-electron chi connectivity index (χ3n) is 2.45. The Morgan fingerprint density at radius 2 is 1.86 bits per heavy atom. The van der Waals surface area contributed by atoms with E-state index in [1.165, 1.54) is 0 Å². The molecule has 124 valence electrons. The molecule has 1 rings (SSSR count). The Kier molecular flexibility index (Phi) is 5.22. The summed E-state index contributed by atoms with van der Waals surface area (Å²) in [5.41, 5.74) is 1.98. The highest BCUT2D eigenvalue weighted by Gasteiger charge is 2.40. The Balaban J connectivity index is 3.49. The summed E-state index contributed by atoms with van der Waals surface area (Å²) in [4.78, 5) is 14.2. The SMILES string of the molecule is COC(=O)Cc1cnc(C(F)(F)F)c(CN)c1OC(F)(F)F. The molecule has 0 spiro atoms. The van der Waals surface area contributed by atoms with E-state index in [-0.39, 0.29) is 0 Å². The second-order valence-corrected chi connectivity index (χ2v) is 3.94. The van der Waals surface area contributed by atoms with Crippen molar-refractivity contribution in [2.75, 3.05) is 7.11 Å². The van der Waals surface area contributed by atoms with Crippen molar-refractivity contribution < 1.29 is 40.6 Å². The molecule has 0 aromatic carbocycles. The number of aromatic nitrogens is 1. The van der Waals surface area contributed by atoms with Gasteiger partial charge in [0.2, 0.25) is 0 Å². The molecule has 0 saturated heterocycles. The maximum absolute atomic E-state index is 12.8. The van der Waals surface area contributed by atoms with Crippen molar-refractivity contribution in [1.29, 1.82) is 0 Å². The highest BCUT2D eigenvalue weighted by Crippen LogP contribution is 2.38. The highest BCUT2D eigenvalue weighted by atomic mass is 19.4. The highest BCUT2D eigenvalue weighted by molar-refractivity contribution is 5.73. The number of carbonyl (C=O) groups is 1. The van der Waals surface area contributed by atoms with E-state index in [0.717, 1.165) is 7.11 Å². The van der Waals surface area contributed by atoms with E-state index in [1.54, 1.807) is 0 Å². The van der Waals surface area contributed by atoms with Gasteiger partial charge in [-0.1, -0.05) is 0 Å². The molecular weight excluding hydrogens is 322 g/mol. The zero-order chi connectivity index (χ0) is 17.1. The van der Waals surface area contributed by atoms with Crippen LogP contribution in [-0.4, -0.2) is 24.4 Å². The first-order valence-electron chi connectivity index (χ1n) is 5.60. The summed E-state index contributed by atoms with van der Waals surface area (Å²) < 4.78 is 83.4. The average Bonchev–Trinajstić information content (AvgIpc) is 2.37. The summed E-state index contributed by atoms with van der Waals surface area (Å²) >= 11 is 0. The summed E-state index contributed by atoms with van der Waals surface area (Å²) in [6.45, 7) is -0.914. The van der Waals surface area contributed by atoms with Gasteiger partial charge >= 0.3 is 18.5 Å². The number of carbonyl (C=O) groups excluding carboxylic acids is 1. The molecule has 0 aliphatic heterocycles. The van der Waals surface area contributed by atoms with Crippen molar-refractivity contribution in [3.63, 3.8) is 0 Å². The summed E-state index contributed by atoms with van der Waals surface area (Å²) in [5.74, 6) is -2.17. The van der Waals surface area contributed by atoms with Gasteiger partial charge in [-0.2, -0.15) is 13.2 Å². The Hall–Kier alpha value is -2.04. The molecule has 1 heterocycles. The third kappa shape index (κ3) is 4.48. The maximum atomic E-state index is 12.8. The van der Waals surface area contributed by atoms with Crippen LogP contribution in [-0.2, 0) is 28.7 Å². The minimum absolute atomic E-state index is 0.472. The number of esters is 1. The fourth-order valence-electron chi connectivity index (χ4n) is 1.61. The van der Waals surface area contributed by atoms with Crippen molar-refractivity contribution in [1.82, 2.24) is 4.98 Å². The van der Waals surface area contributed by atoms with Crippen molar-refractivity contribution >= 4 is 5.97 Å². The molecule has 11 heteroatoms. The first-order valence-corrected chi connectivity index (χ1v) is 5.60. The van der Waals surface area contributed by atoms with E-state index in [4.69, 9.17) is 5.73 Å². The molecule has 0 bridgehead atoms. The van der Waals surface area contributed by atoms with Crippen LogP contribution in [0.2, 0.25) is 0 Å². The summed E-state index contributed by atoms with van der Waals surface area (Å²) in [5, 5.41) is 0.